The van der Waals surface area contributed by atoms with Crippen LogP contribution in [0.5, 0.6) is 0 Å². The van der Waals surface area contributed by atoms with Crippen molar-refractivity contribution >= 4 is 16.0 Å². The predicted molar refractivity (Wildman–Crippen MR) is 105 cm³/mol. The minimum Gasteiger partial charge on any atom is -0.390 e. The van der Waals surface area contributed by atoms with Crippen molar-refractivity contribution in [1.82, 2.24) is 5.32 Å². The summed E-state index contributed by atoms with van der Waals surface area (Å²) in [6, 6.07) is -0.799. The summed E-state index contributed by atoms with van der Waals surface area (Å²) in [5, 5.41) is 7.34. The normalized spacial score (nSPS) is 36.3. The summed E-state index contributed by atoms with van der Waals surface area (Å²) in [5.41, 5.74) is -0.922. The van der Waals surface area contributed by atoms with Crippen molar-refractivity contribution in [3.05, 3.63) is 0 Å². The minimum absolute atomic E-state index is 0.0338. The van der Waals surface area contributed by atoms with Crippen LogP contribution >= 0.6 is 0 Å². The molecule has 4 bridgehead atoms. The van der Waals surface area contributed by atoms with Gasteiger partial charge in [0.25, 0.3) is 0 Å². The van der Waals surface area contributed by atoms with Crippen LogP contribution in [-0.4, -0.2) is 67.6 Å². The summed E-state index contributed by atoms with van der Waals surface area (Å²) < 4.78 is 109. The molecule has 1 amide bonds. The third kappa shape index (κ3) is 4.93. The lowest BCUT2D eigenvalue weighted by molar-refractivity contribution is -0.288. The number of carbonyl (C=O) groups is 1. The SMILES string of the molecule is CC1(CC(OS(=O)(=O)C(F)(F)C(=O)NC2C3CC4CC2CC(O)(C4)C3)C(F)(F)F)OCCCO1. The quantitative estimate of drug-likeness (QED) is 0.391. The molecule has 0 aromatic carbocycles. The largest absolute Gasteiger partial charge is 0.446 e. The van der Waals surface area contributed by atoms with Crippen molar-refractivity contribution in [1.29, 1.82) is 0 Å². The molecule has 2 N–H and O–H groups in total. The molecule has 5 aliphatic rings. The predicted octanol–water partition coefficient (Wildman–Crippen LogP) is 2.46. The Labute approximate surface area is 193 Å². The number of alkyl halides is 5. The molecule has 1 heterocycles. The van der Waals surface area contributed by atoms with Crippen LogP contribution in [0.3, 0.4) is 0 Å². The van der Waals surface area contributed by atoms with Crippen LogP contribution in [0.4, 0.5) is 22.0 Å². The first-order valence-corrected chi connectivity index (χ1v) is 12.6. The van der Waals surface area contributed by atoms with Gasteiger partial charge in [-0.1, -0.05) is 0 Å². The summed E-state index contributed by atoms with van der Waals surface area (Å²) in [6.45, 7) is 1.18. The van der Waals surface area contributed by atoms with E-state index in [9.17, 15) is 40.3 Å². The van der Waals surface area contributed by atoms with Gasteiger partial charge in [0.2, 0.25) is 0 Å². The summed E-state index contributed by atoms with van der Waals surface area (Å²) in [7, 11) is -6.33. The first kappa shape index (κ1) is 26.0. The molecule has 0 spiro atoms. The molecule has 3 atom stereocenters. The zero-order valence-corrected chi connectivity index (χ0v) is 19.3. The molecular weight excluding hydrogens is 493 g/mol. The van der Waals surface area contributed by atoms with Crippen molar-refractivity contribution in [3.63, 3.8) is 0 Å². The summed E-state index contributed by atoms with van der Waals surface area (Å²) >= 11 is 0. The molecule has 5 rings (SSSR count). The lowest BCUT2D eigenvalue weighted by Crippen LogP contribution is -2.63. The van der Waals surface area contributed by atoms with Crippen molar-refractivity contribution in [2.75, 3.05) is 13.2 Å². The minimum atomic E-state index is -6.33. The Balaban J connectivity index is 1.47. The fourth-order valence-electron chi connectivity index (χ4n) is 6.11. The number of hydrogen-bond acceptors (Lipinski definition) is 7. The highest BCUT2D eigenvalue weighted by molar-refractivity contribution is 7.88. The average Bonchev–Trinajstić information content (AvgIpc) is 2.68. The zero-order valence-electron chi connectivity index (χ0n) is 18.4. The summed E-state index contributed by atoms with van der Waals surface area (Å²) in [5.74, 6) is -4.58. The van der Waals surface area contributed by atoms with Gasteiger partial charge in [-0.05, 0) is 63.2 Å². The van der Waals surface area contributed by atoms with Crippen molar-refractivity contribution in [3.8, 4) is 0 Å². The standard InChI is InChI=1S/C20H28F5NO7S/c1-17(31-3-2-4-32-17)10-14(19(21,22)23)33-34(29,30)20(24,25)16(27)26-15-12-5-11-6-13(15)9-18(28,7-11)8-12/h11-15,28H,2-10H2,1H3,(H,26,27). The second kappa shape index (κ2) is 8.49. The highest BCUT2D eigenvalue weighted by Crippen LogP contribution is 2.55. The molecular formula is C20H28F5NO7S. The molecule has 196 valence electrons. The molecule has 4 saturated carbocycles. The Morgan fingerprint density at radius 3 is 2.18 bits per heavy atom. The van der Waals surface area contributed by atoms with E-state index in [1.54, 1.807) is 0 Å². The summed E-state index contributed by atoms with van der Waals surface area (Å²) in [4.78, 5) is 12.4. The van der Waals surface area contributed by atoms with Crippen molar-refractivity contribution in [2.45, 2.75) is 86.8 Å². The Hall–Kier alpha value is -1.09. The number of ether oxygens (including phenoxy) is 2. The number of carbonyl (C=O) groups excluding carboxylic acids is 1. The van der Waals surface area contributed by atoms with Crippen LogP contribution in [0.25, 0.3) is 0 Å². The maximum absolute atomic E-state index is 14.7. The van der Waals surface area contributed by atoms with E-state index in [1.807, 2.05) is 5.32 Å². The van der Waals surface area contributed by atoms with Gasteiger partial charge in [-0.3, -0.25) is 8.98 Å². The van der Waals surface area contributed by atoms with E-state index in [1.165, 1.54) is 0 Å². The van der Waals surface area contributed by atoms with E-state index in [-0.39, 0.29) is 43.8 Å². The molecule has 4 aliphatic carbocycles. The van der Waals surface area contributed by atoms with Gasteiger partial charge in [0.05, 0.1) is 18.8 Å². The molecule has 14 heteroatoms. The Bertz CT molecular complexity index is 889. The third-order valence-electron chi connectivity index (χ3n) is 7.38. The molecule has 0 aromatic rings. The lowest BCUT2D eigenvalue weighted by Gasteiger charge is -2.58. The van der Waals surface area contributed by atoms with Gasteiger partial charge in [-0.15, -0.1) is 0 Å². The van der Waals surface area contributed by atoms with Crippen LogP contribution in [0.1, 0.15) is 51.9 Å². The zero-order chi connectivity index (χ0) is 25.2. The molecule has 1 saturated heterocycles. The number of aliphatic hydroxyl groups is 1. The van der Waals surface area contributed by atoms with Gasteiger partial charge in [-0.25, -0.2) is 0 Å². The highest BCUT2D eigenvalue weighted by atomic mass is 32.2. The first-order valence-electron chi connectivity index (χ1n) is 11.2. The molecule has 34 heavy (non-hydrogen) atoms. The average molecular weight is 522 g/mol. The van der Waals surface area contributed by atoms with E-state index in [4.69, 9.17) is 9.47 Å². The van der Waals surface area contributed by atoms with Gasteiger partial charge in [0, 0.05) is 12.5 Å². The van der Waals surface area contributed by atoms with Crippen LogP contribution in [-0.2, 0) is 28.6 Å². The molecule has 0 aromatic heterocycles. The van der Waals surface area contributed by atoms with Crippen molar-refractivity contribution in [2.24, 2.45) is 17.8 Å². The second-order valence-electron chi connectivity index (χ2n) is 10.2. The Morgan fingerprint density at radius 2 is 1.68 bits per heavy atom. The first-order chi connectivity index (χ1) is 15.5. The number of amides is 1. The molecule has 1 aliphatic heterocycles. The maximum atomic E-state index is 14.7. The van der Waals surface area contributed by atoms with Crippen molar-refractivity contribution < 1.29 is 53.9 Å². The lowest BCUT2D eigenvalue weighted by atomic mass is 9.52. The van der Waals surface area contributed by atoms with E-state index in [2.05, 4.69) is 4.18 Å². The van der Waals surface area contributed by atoms with Crippen LogP contribution in [0.15, 0.2) is 0 Å². The van der Waals surface area contributed by atoms with E-state index < -0.39 is 57.4 Å². The van der Waals surface area contributed by atoms with Crippen LogP contribution < -0.4 is 5.32 Å². The monoisotopic (exact) mass is 521 g/mol. The van der Waals surface area contributed by atoms with Gasteiger partial charge >= 0.3 is 27.5 Å². The molecule has 5 fully saturated rings. The number of rotatable bonds is 7. The van der Waals surface area contributed by atoms with Gasteiger partial charge < -0.3 is 19.9 Å². The van der Waals surface area contributed by atoms with Gasteiger partial charge in [0.15, 0.2) is 11.9 Å². The topological polar surface area (TPSA) is 111 Å². The molecule has 3 unspecified atom stereocenters. The summed E-state index contributed by atoms with van der Waals surface area (Å²) in [6.07, 6.45) is -7.04. The number of hydrogen-bond donors (Lipinski definition) is 2. The van der Waals surface area contributed by atoms with Gasteiger partial charge in [-0.2, -0.15) is 30.4 Å². The number of halogens is 5. The molecule has 8 nitrogen and oxygen atoms in total. The van der Waals surface area contributed by atoms with E-state index >= 15 is 0 Å². The third-order valence-corrected chi connectivity index (χ3v) is 8.68. The highest BCUT2D eigenvalue weighted by Gasteiger charge is 2.61. The fourth-order valence-corrected chi connectivity index (χ4v) is 7.00. The second-order valence-corrected chi connectivity index (χ2v) is 11.8. The Kier molecular flexibility index (Phi) is 6.49. The molecule has 0 radical (unpaired) electrons. The number of nitrogens with one attached hydrogen (secondary N) is 1. The van der Waals surface area contributed by atoms with Crippen LogP contribution in [0, 0.1) is 17.8 Å². The van der Waals surface area contributed by atoms with E-state index in [0.29, 0.717) is 25.7 Å². The van der Waals surface area contributed by atoms with Crippen LogP contribution in [0.2, 0.25) is 0 Å². The van der Waals surface area contributed by atoms with Gasteiger partial charge in [0.1, 0.15) is 0 Å². The smallest absolute Gasteiger partial charge is 0.390 e. The fraction of sp³-hybridized carbons (Fsp3) is 0.950. The Morgan fingerprint density at radius 1 is 1.12 bits per heavy atom. The van der Waals surface area contributed by atoms with E-state index in [0.717, 1.165) is 6.92 Å². The maximum Gasteiger partial charge on any atom is 0.446 e.